The summed E-state index contributed by atoms with van der Waals surface area (Å²) in [4.78, 5) is 0. The number of hydrogen-bond donors (Lipinski definition) is 1. The Morgan fingerprint density at radius 3 is 2.17 bits per heavy atom. The number of hydrogen-bond acceptors (Lipinski definition) is 1. The molecule has 2 heteroatoms. The number of unbranched alkanes of at least 4 members (excludes halogenated alkanes) is 1. The quantitative estimate of drug-likeness (QED) is 0.449. The third kappa shape index (κ3) is 4.50. The summed E-state index contributed by atoms with van der Waals surface area (Å²) >= 11 is 2.12. The summed E-state index contributed by atoms with van der Waals surface area (Å²) in [7, 11) is 0. The molecule has 0 aromatic carbocycles. The fraction of sp³-hybridized carbons (Fsp3) is 1.00. The van der Waals surface area contributed by atoms with Crippen molar-refractivity contribution in [1.29, 1.82) is 0 Å². The van der Waals surface area contributed by atoms with E-state index in [-0.39, 0.29) is 0 Å². The summed E-state index contributed by atoms with van der Waals surface area (Å²) in [6.07, 6.45) is 2.13. The topological polar surface area (TPSA) is 20.2 Å². The van der Waals surface area contributed by atoms with Gasteiger partial charge < -0.3 is 0 Å². The average Bonchev–Trinajstić information content (AvgIpc) is 1.61. The first-order valence-electron chi connectivity index (χ1n) is 2.17. The van der Waals surface area contributed by atoms with Gasteiger partial charge >= 0.3 is 46.3 Å². The van der Waals surface area contributed by atoms with Crippen LogP contribution in [0.15, 0.2) is 0 Å². The summed E-state index contributed by atoms with van der Waals surface area (Å²) in [5.74, 6) is 0. The zero-order valence-electron chi connectivity index (χ0n) is 3.78. The van der Waals surface area contributed by atoms with Crippen LogP contribution in [0.3, 0.4) is 0 Å². The SMILES string of the molecule is OCCC[CH2][Ge]. The summed E-state index contributed by atoms with van der Waals surface area (Å²) in [6, 6.07) is 0. The van der Waals surface area contributed by atoms with Crippen molar-refractivity contribution in [3.8, 4) is 0 Å². The van der Waals surface area contributed by atoms with Crippen LogP contribution in [0.4, 0.5) is 0 Å². The predicted molar refractivity (Wildman–Crippen MR) is 26.9 cm³/mol. The van der Waals surface area contributed by atoms with Crippen molar-refractivity contribution >= 4 is 16.5 Å². The molecule has 0 saturated carbocycles. The Bertz CT molecular complexity index is 19.5. The molecule has 0 aliphatic carbocycles. The molecule has 6 heavy (non-hydrogen) atoms. The van der Waals surface area contributed by atoms with E-state index in [9.17, 15) is 0 Å². The van der Waals surface area contributed by atoms with Crippen molar-refractivity contribution in [2.45, 2.75) is 18.1 Å². The minimum atomic E-state index is 0.355. The van der Waals surface area contributed by atoms with Gasteiger partial charge in [-0.15, -0.1) is 0 Å². The Balaban J connectivity index is 2.34. The van der Waals surface area contributed by atoms with E-state index in [1.54, 1.807) is 0 Å². The minimum absolute atomic E-state index is 0.355. The number of aliphatic hydroxyl groups is 1. The van der Waals surface area contributed by atoms with Crippen molar-refractivity contribution in [2.75, 3.05) is 6.61 Å². The Morgan fingerprint density at radius 1 is 1.33 bits per heavy atom. The summed E-state index contributed by atoms with van der Waals surface area (Å²) in [5.41, 5.74) is 0. The van der Waals surface area contributed by atoms with Gasteiger partial charge in [-0.1, -0.05) is 0 Å². The number of aliphatic hydroxyl groups excluding tert-OH is 1. The molecular formula is C4H9GeO. The molecule has 0 bridgehead atoms. The zero-order valence-corrected chi connectivity index (χ0v) is 5.87. The molecule has 3 radical (unpaired) electrons. The van der Waals surface area contributed by atoms with Gasteiger partial charge in [0, 0.05) is 0 Å². The van der Waals surface area contributed by atoms with Crippen LogP contribution in [0.5, 0.6) is 0 Å². The standard InChI is InChI=1S/C4H9GeO/c5-3-1-2-4-6/h6H,1-4H2. The molecule has 0 aromatic heterocycles. The molecule has 0 saturated heterocycles. The average molecular weight is 146 g/mol. The van der Waals surface area contributed by atoms with Crippen LogP contribution in [0, 0.1) is 0 Å². The van der Waals surface area contributed by atoms with Gasteiger partial charge in [-0.05, 0) is 0 Å². The predicted octanol–water partition coefficient (Wildman–Crippen LogP) is 0.346. The van der Waals surface area contributed by atoms with Gasteiger partial charge in [-0.2, -0.15) is 0 Å². The molecule has 0 atom stereocenters. The van der Waals surface area contributed by atoms with Gasteiger partial charge in [-0.25, -0.2) is 0 Å². The fourth-order valence-corrected chi connectivity index (χ4v) is 0.761. The van der Waals surface area contributed by atoms with Crippen molar-refractivity contribution in [1.82, 2.24) is 0 Å². The van der Waals surface area contributed by atoms with E-state index < -0.39 is 0 Å². The van der Waals surface area contributed by atoms with Gasteiger partial charge in [0.2, 0.25) is 0 Å². The molecule has 0 aliphatic heterocycles. The molecule has 1 N–H and O–H groups in total. The summed E-state index contributed by atoms with van der Waals surface area (Å²) < 4.78 is 0. The fourth-order valence-electron chi connectivity index (χ4n) is 0.237. The molecule has 0 aliphatic rings. The Morgan fingerprint density at radius 2 is 2.00 bits per heavy atom. The van der Waals surface area contributed by atoms with E-state index >= 15 is 0 Å². The molecule has 0 aromatic rings. The first-order chi connectivity index (χ1) is 2.91. The van der Waals surface area contributed by atoms with E-state index in [0.717, 1.165) is 12.8 Å². The van der Waals surface area contributed by atoms with Crippen molar-refractivity contribution in [2.24, 2.45) is 0 Å². The molecule has 0 amide bonds. The van der Waals surface area contributed by atoms with Crippen molar-refractivity contribution in [3.63, 3.8) is 0 Å². The molecule has 0 unspecified atom stereocenters. The monoisotopic (exact) mass is 147 g/mol. The van der Waals surface area contributed by atoms with Gasteiger partial charge in [0.05, 0.1) is 0 Å². The second-order valence-electron chi connectivity index (χ2n) is 1.18. The maximum atomic E-state index is 8.20. The second kappa shape index (κ2) is 5.50. The molecular weight excluding hydrogens is 137 g/mol. The van der Waals surface area contributed by atoms with Crippen LogP contribution >= 0.6 is 0 Å². The van der Waals surface area contributed by atoms with Gasteiger partial charge in [0.25, 0.3) is 0 Å². The summed E-state index contributed by atoms with van der Waals surface area (Å²) in [5, 5.41) is 9.39. The molecule has 0 rings (SSSR count). The Hall–Kier alpha value is 0.503. The van der Waals surface area contributed by atoms with Crippen LogP contribution < -0.4 is 0 Å². The molecule has 0 spiro atoms. The third-order valence-corrected chi connectivity index (χ3v) is 1.33. The van der Waals surface area contributed by atoms with Gasteiger partial charge in [-0.3, -0.25) is 0 Å². The van der Waals surface area contributed by atoms with E-state index in [4.69, 9.17) is 5.11 Å². The van der Waals surface area contributed by atoms with Crippen molar-refractivity contribution < 1.29 is 5.11 Å². The van der Waals surface area contributed by atoms with E-state index in [1.807, 2.05) is 0 Å². The molecule has 35 valence electrons. The van der Waals surface area contributed by atoms with Crippen LogP contribution in [-0.2, 0) is 0 Å². The van der Waals surface area contributed by atoms with Crippen LogP contribution in [0.1, 0.15) is 12.8 Å². The molecule has 0 fully saturated rings. The zero-order chi connectivity index (χ0) is 4.83. The van der Waals surface area contributed by atoms with Crippen LogP contribution in [0.25, 0.3) is 0 Å². The summed E-state index contributed by atoms with van der Waals surface area (Å²) in [6.45, 7) is 0.355. The van der Waals surface area contributed by atoms with Gasteiger partial charge in [0.15, 0.2) is 0 Å². The van der Waals surface area contributed by atoms with E-state index in [1.165, 1.54) is 5.25 Å². The second-order valence-corrected chi connectivity index (χ2v) is 2.23. The van der Waals surface area contributed by atoms with Crippen LogP contribution in [-0.4, -0.2) is 28.2 Å². The Labute approximate surface area is 47.0 Å². The maximum absolute atomic E-state index is 8.20. The van der Waals surface area contributed by atoms with Crippen molar-refractivity contribution in [3.05, 3.63) is 0 Å². The first-order valence-corrected chi connectivity index (χ1v) is 3.65. The number of rotatable bonds is 3. The Kier molecular flexibility index (Phi) is 5.96. The van der Waals surface area contributed by atoms with Gasteiger partial charge in [0.1, 0.15) is 0 Å². The third-order valence-electron chi connectivity index (χ3n) is 0.585. The van der Waals surface area contributed by atoms with Crippen LogP contribution in [0.2, 0.25) is 5.25 Å². The van der Waals surface area contributed by atoms with E-state index in [2.05, 4.69) is 16.5 Å². The molecule has 1 nitrogen and oxygen atoms in total. The molecule has 0 heterocycles. The van der Waals surface area contributed by atoms with E-state index in [0.29, 0.717) is 6.61 Å². The normalized spacial score (nSPS) is 9.00. The first kappa shape index (κ1) is 6.50.